The molecule has 2 aromatic rings. The molecule has 0 radical (unpaired) electrons. The van der Waals surface area contributed by atoms with E-state index in [1.54, 1.807) is 12.0 Å². The molecule has 2 amide bonds. The fourth-order valence-corrected chi connectivity index (χ4v) is 3.15. The highest BCUT2D eigenvalue weighted by atomic mass is 16.5. The maximum Gasteiger partial charge on any atom is 0.228 e. The summed E-state index contributed by atoms with van der Waals surface area (Å²) in [5, 5.41) is 7.24. The molecule has 1 aliphatic heterocycles. The highest BCUT2D eigenvalue weighted by molar-refractivity contribution is 5.95. The molecule has 26 heavy (non-hydrogen) atoms. The summed E-state index contributed by atoms with van der Waals surface area (Å²) < 4.78 is 7.13. The monoisotopic (exact) mass is 356 g/mol. The Hall–Kier alpha value is -2.83. The molecule has 0 spiro atoms. The number of amides is 2. The van der Waals surface area contributed by atoms with Gasteiger partial charge in [-0.15, -0.1) is 0 Å². The molecule has 0 saturated heterocycles. The molecule has 0 bridgehead atoms. The number of aromatic nitrogens is 2. The van der Waals surface area contributed by atoms with Gasteiger partial charge in [0.05, 0.1) is 12.8 Å². The van der Waals surface area contributed by atoms with Gasteiger partial charge in [-0.1, -0.05) is 18.2 Å². The van der Waals surface area contributed by atoms with E-state index in [9.17, 15) is 9.59 Å². The average molecular weight is 356 g/mol. The van der Waals surface area contributed by atoms with Gasteiger partial charge in [0.15, 0.2) is 0 Å². The second-order valence-corrected chi connectivity index (χ2v) is 6.35. The van der Waals surface area contributed by atoms with Crippen LogP contribution in [0.1, 0.15) is 30.5 Å². The van der Waals surface area contributed by atoms with Crippen molar-refractivity contribution in [3.63, 3.8) is 0 Å². The van der Waals surface area contributed by atoms with Gasteiger partial charge in [0.1, 0.15) is 11.6 Å². The standard InChI is InChI=1S/C19H24N4O3/c1-14-12-18-22(10-5-11-23(18)21-14)19(25)9-8-17(24)20-13-15-6-3-4-7-16(15)26-2/h3-4,6-7,12H,5,8-11,13H2,1-2H3,(H,20,24). The second kappa shape index (κ2) is 8.03. The smallest absolute Gasteiger partial charge is 0.228 e. The largest absolute Gasteiger partial charge is 0.496 e. The summed E-state index contributed by atoms with van der Waals surface area (Å²) in [6.45, 7) is 3.80. The van der Waals surface area contributed by atoms with E-state index in [0.717, 1.165) is 35.8 Å². The van der Waals surface area contributed by atoms with Gasteiger partial charge in [-0.2, -0.15) is 5.10 Å². The lowest BCUT2D eigenvalue weighted by atomic mass is 10.2. The Balaban J connectivity index is 1.51. The predicted octanol–water partition coefficient (Wildman–Crippen LogP) is 2.03. The molecule has 7 nitrogen and oxygen atoms in total. The molecule has 3 rings (SSSR count). The van der Waals surface area contributed by atoms with Crippen molar-refractivity contribution in [2.24, 2.45) is 0 Å². The molecule has 1 aromatic heterocycles. The molecule has 138 valence electrons. The van der Waals surface area contributed by atoms with E-state index in [1.807, 2.05) is 41.9 Å². The number of nitrogens with one attached hydrogen (secondary N) is 1. The third-order valence-corrected chi connectivity index (χ3v) is 4.44. The van der Waals surface area contributed by atoms with Crippen LogP contribution < -0.4 is 15.0 Å². The summed E-state index contributed by atoms with van der Waals surface area (Å²) in [5.41, 5.74) is 1.80. The van der Waals surface area contributed by atoms with Crippen LogP contribution in [0.2, 0.25) is 0 Å². The van der Waals surface area contributed by atoms with Crippen LogP contribution in [0.15, 0.2) is 30.3 Å². The molecule has 0 unspecified atom stereocenters. The number of para-hydroxylation sites is 1. The maximum absolute atomic E-state index is 12.5. The molecular weight excluding hydrogens is 332 g/mol. The molecule has 1 N–H and O–H groups in total. The van der Waals surface area contributed by atoms with Crippen LogP contribution >= 0.6 is 0 Å². The molecule has 2 heterocycles. The van der Waals surface area contributed by atoms with Crippen molar-refractivity contribution in [2.45, 2.75) is 39.3 Å². The summed E-state index contributed by atoms with van der Waals surface area (Å²) in [7, 11) is 1.60. The number of fused-ring (bicyclic) bond motifs is 1. The zero-order valence-corrected chi connectivity index (χ0v) is 15.2. The number of anilines is 1. The Morgan fingerprint density at radius 2 is 2.04 bits per heavy atom. The fraction of sp³-hybridized carbons (Fsp3) is 0.421. The Morgan fingerprint density at radius 3 is 2.85 bits per heavy atom. The van der Waals surface area contributed by atoms with Gasteiger partial charge in [-0.05, 0) is 19.4 Å². The molecule has 0 saturated carbocycles. The van der Waals surface area contributed by atoms with E-state index in [4.69, 9.17) is 4.74 Å². The number of hydrogen-bond donors (Lipinski definition) is 1. The highest BCUT2D eigenvalue weighted by Gasteiger charge is 2.24. The third kappa shape index (κ3) is 4.04. The van der Waals surface area contributed by atoms with Crippen molar-refractivity contribution in [3.8, 4) is 5.75 Å². The van der Waals surface area contributed by atoms with Crippen molar-refractivity contribution >= 4 is 17.6 Å². The van der Waals surface area contributed by atoms with Gasteiger partial charge in [-0.25, -0.2) is 4.68 Å². The minimum absolute atomic E-state index is 0.0432. The maximum atomic E-state index is 12.5. The summed E-state index contributed by atoms with van der Waals surface area (Å²) >= 11 is 0. The summed E-state index contributed by atoms with van der Waals surface area (Å²) in [6, 6.07) is 9.45. The van der Waals surface area contributed by atoms with Crippen molar-refractivity contribution < 1.29 is 14.3 Å². The van der Waals surface area contributed by atoms with E-state index < -0.39 is 0 Å². The first-order valence-corrected chi connectivity index (χ1v) is 8.82. The number of methoxy groups -OCH3 is 1. The summed E-state index contributed by atoms with van der Waals surface area (Å²) in [5.74, 6) is 1.37. The first-order valence-electron chi connectivity index (χ1n) is 8.82. The fourth-order valence-electron chi connectivity index (χ4n) is 3.15. The van der Waals surface area contributed by atoms with Gasteiger partial charge in [0, 0.05) is 44.1 Å². The van der Waals surface area contributed by atoms with Gasteiger partial charge >= 0.3 is 0 Å². The molecule has 1 aromatic carbocycles. The first-order chi connectivity index (χ1) is 12.6. The van der Waals surface area contributed by atoms with Crippen LogP contribution in [0.25, 0.3) is 0 Å². The number of ether oxygens (including phenoxy) is 1. The molecular formula is C19H24N4O3. The molecule has 1 aliphatic rings. The van der Waals surface area contributed by atoms with Gasteiger partial charge in [0.25, 0.3) is 0 Å². The molecule has 7 heteroatoms. The molecule has 0 aliphatic carbocycles. The van der Waals surface area contributed by atoms with Crippen molar-refractivity contribution in [1.82, 2.24) is 15.1 Å². The Labute approximate surface area is 152 Å². The Bertz CT molecular complexity index is 800. The van der Waals surface area contributed by atoms with Gasteiger partial charge in [-0.3, -0.25) is 14.5 Å². The number of hydrogen-bond acceptors (Lipinski definition) is 4. The lowest BCUT2D eigenvalue weighted by Crippen LogP contribution is -2.38. The number of nitrogens with zero attached hydrogens (tertiary/aromatic N) is 3. The van der Waals surface area contributed by atoms with E-state index in [2.05, 4.69) is 10.4 Å². The van der Waals surface area contributed by atoms with Crippen LogP contribution in [0, 0.1) is 6.92 Å². The first kappa shape index (κ1) is 18.0. The van der Waals surface area contributed by atoms with Gasteiger partial charge < -0.3 is 10.1 Å². The average Bonchev–Trinajstić information content (AvgIpc) is 3.04. The second-order valence-electron chi connectivity index (χ2n) is 6.35. The van der Waals surface area contributed by atoms with Crippen molar-refractivity contribution in [3.05, 3.63) is 41.6 Å². The molecule has 0 fully saturated rings. The summed E-state index contributed by atoms with van der Waals surface area (Å²) in [6.07, 6.45) is 1.22. The van der Waals surface area contributed by atoms with Crippen LogP contribution in [0.4, 0.5) is 5.82 Å². The number of carbonyl (C=O) groups is 2. The van der Waals surface area contributed by atoms with Crippen LogP contribution in [-0.4, -0.2) is 35.2 Å². The van der Waals surface area contributed by atoms with E-state index in [0.29, 0.717) is 13.1 Å². The Kier molecular flexibility index (Phi) is 5.55. The normalized spacial score (nSPS) is 13.2. The van der Waals surface area contributed by atoms with E-state index in [-0.39, 0.29) is 24.7 Å². The predicted molar refractivity (Wildman–Crippen MR) is 98.0 cm³/mol. The minimum atomic E-state index is -0.147. The lowest BCUT2D eigenvalue weighted by molar-refractivity contribution is -0.125. The number of benzene rings is 1. The SMILES string of the molecule is COc1ccccc1CNC(=O)CCC(=O)N1CCCn2nc(C)cc21. The van der Waals surface area contributed by atoms with E-state index in [1.165, 1.54) is 0 Å². The Morgan fingerprint density at radius 1 is 1.23 bits per heavy atom. The minimum Gasteiger partial charge on any atom is -0.496 e. The summed E-state index contributed by atoms with van der Waals surface area (Å²) in [4.78, 5) is 26.4. The van der Waals surface area contributed by atoms with Crippen molar-refractivity contribution in [2.75, 3.05) is 18.6 Å². The van der Waals surface area contributed by atoms with Crippen LogP contribution in [0.5, 0.6) is 5.75 Å². The number of rotatable bonds is 6. The molecule has 0 atom stereocenters. The van der Waals surface area contributed by atoms with Gasteiger partial charge in [0.2, 0.25) is 11.8 Å². The number of carbonyl (C=O) groups excluding carboxylic acids is 2. The third-order valence-electron chi connectivity index (χ3n) is 4.44. The quantitative estimate of drug-likeness (QED) is 0.859. The topological polar surface area (TPSA) is 76.5 Å². The number of aryl methyl sites for hydroxylation is 2. The van der Waals surface area contributed by atoms with Crippen molar-refractivity contribution in [1.29, 1.82) is 0 Å². The van der Waals surface area contributed by atoms with Crippen LogP contribution in [-0.2, 0) is 22.7 Å². The van der Waals surface area contributed by atoms with Crippen LogP contribution in [0.3, 0.4) is 0 Å². The highest BCUT2D eigenvalue weighted by Crippen LogP contribution is 2.22. The zero-order chi connectivity index (χ0) is 18.5. The lowest BCUT2D eigenvalue weighted by Gasteiger charge is -2.27. The van der Waals surface area contributed by atoms with E-state index >= 15 is 0 Å². The zero-order valence-electron chi connectivity index (χ0n) is 15.2.